The lowest BCUT2D eigenvalue weighted by molar-refractivity contribution is 1.33. The molecule has 0 aliphatic carbocycles. The maximum Gasteiger partial charge on any atom is 0.0701 e. The molecule has 0 saturated heterocycles. The average molecular weight is 534 g/mol. The van der Waals surface area contributed by atoms with E-state index in [4.69, 9.17) is 0 Å². The molecule has 0 fully saturated rings. The van der Waals surface area contributed by atoms with Crippen molar-refractivity contribution in [1.29, 1.82) is 0 Å². The quantitative estimate of drug-likeness (QED) is 0.205. The van der Waals surface area contributed by atoms with Gasteiger partial charge in [-0.2, -0.15) is 0 Å². The van der Waals surface area contributed by atoms with Crippen LogP contribution in [0.4, 0.5) is 0 Å². The van der Waals surface area contributed by atoms with Crippen molar-refractivity contribution in [2.24, 2.45) is 0 Å². The number of fused-ring (bicyclic) bond motifs is 3. The second kappa shape index (κ2) is 10.1. The third-order valence-electron chi connectivity index (χ3n) is 8.34. The molecule has 0 unspecified atom stereocenters. The Kier molecular flexibility index (Phi) is 5.86. The van der Waals surface area contributed by atoms with Crippen molar-refractivity contribution in [1.82, 2.24) is 4.98 Å². The summed E-state index contributed by atoms with van der Waals surface area (Å²) < 4.78 is 0. The molecule has 196 valence electrons. The Bertz CT molecular complexity index is 2160. The molecule has 0 aliphatic rings. The van der Waals surface area contributed by atoms with Crippen LogP contribution in [0.5, 0.6) is 0 Å². The molecule has 0 bridgehead atoms. The van der Waals surface area contributed by atoms with Crippen LogP contribution in [0.15, 0.2) is 164 Å². The molecule has 1 aromatic heterocycles. The van der Waals surface area contributed by atoms with Gasteiger partial charge in [0.25, 0.3) is 0 Å². The molecule has 0 N–H and O–H groups in total. The van der Waals surface area contributed by atoms with Gasteiger partial charge < -0.3 is 0 Å². The zero-order valence-electron chi connectivity index (χ0n) is 23.0. The molecule has 42 heavy (non-hydrogen) atoms. The third kappa shape index (κ3) is 3.98. The van der Waals surface area contributed by atoms with E-state index < -0.39 is 0 Å². The lowest BCUT2D eigenvalue weighted by Crippen LogP contribution is -1.92. The SMILES string of the molecule is c1ccc(-c2ccc(-c3c4ccccc4c(-c4ccc(-c5ccccn5)cc4)c4ccccc34)c3ccccc23)cc1. The Hall–Kier alpha value is -5.53. The summed E-state index contributed by atoms with van der Waals surface area (Å²) in [6, 6.07) is 56.8. The van der Waals surface area contributed by atoms with Crippen molar-refractivity contribution in [2.75, 3.05) is 0 Å². The van der Waals surface area contributed by atoms with Crippen molar-refractivity contribution < 1.29 is 0 Å². The highest BCUT2D eigenvalue weighted by molar-refractivity contribution is 6.24. The van der Waals surface area contributed by atoms with Gasteiger partial charge in [0, 0.05) is 11.8 Å². The van der Waals surface area contributed by atoms with Gasteiger partial charge in [-0.15, -0.1) is 0 Å². The van der Waals surface area contributed by atoms with Crippen LogP contribution in [-0.4, -0.2) is 4.98 Å². The highest BCUT2D eigenvalue weighted by atomic mass is 14.7. The maximum absolute atomic E-state index is 4.55. The third-order valence-corrected chi connectivity index (χ3v) is 8.34. The zero-order chi connectivity index (χ0) is 27.9. The van der Waals surface area contributed by atoms with Crippen molar-refractivity contribution in [3.05, 3.63) is 164 Å². The molecular weight excluding hydrogens is 506 g/mol. The van der Waals surface area contributed by atoms with Crippen LogP contribution in [0.1, 0.15) is 0 Å². The normalized spacial score (nSPS) is 11.3. The van der Waals surface area contributed by atoms with Gasteiger partial charge in [-0.3, -0.25) is 4.98 Å². The van der Waals surface area contributed by atoms with Gasteiger partial charge in [0.05, 0.1) is 5.69 Å². The van der Waals surface area contributed by atoms with E-state index in [-0.39, 0.29) is 0 Å². The number of hydrogen-bond acceptors (Lipinski definition) is 1. The first kappa shape index (κ1) is 24.3. The summed E-state index contributed by atoms with van der Waals surface area (Å²) in [6.07, 6.45) is 1.85. The summed E-state index contributed by atoms with van der Waals surface area (Å²) >= 11 is 0. The zero-order valence-corrected chi connectivity index (χ0v) is 23.0. The van der Waals surface area contributed by atoms with Gasteiger partial charge in [0.2, 0.25) is 0 Å². The monoisotopic (exact) mass is 533 g/mol. The predicted molar refractivity (Wildman–Crippen MR) is 178 cm³/mol. The second-order valence-corrected chi connectivity index (χ2v) is 10.7. The summed E-state index contributed by atoms with van der Waals surface area (Å²) in [6.45, 7) is 0. The number of hydrogen-bond donors (Lipinski definition) is 0. The molecule has 8 aromatic rings. The topological polar surface area (TPSA) is 12.9 Å². The lowest BCUT2D eigenvalue weighted by Gasteiger charge is -2.19. The minimum absolute atomic E-state index is 0.986. The molecule has 0 saturated carbocycles. The molecule has 8 rings (SSSR count). The Morgan fingerprint density at radius 1 is 0.286 bits per heavy atom. The molecule has 0 spiro atoms. The summed E-state index contributed by atoms with van der Waals surface area (Å²) in [5.41, 5.74) is 9.61. The highest BCUT2D eigenvalue weighted by Gasteiger charge is 2.18. The minimum atomic E-state index is 0.986. The van der Waals surface area contributed by atoms with Gasteiger partial charge in [0.1, 0.15) is 0 Å². The molecule has 0 atom stereocenters. The van der Waals surface area contributed by atoms with Crippen molar-refractivity contribution in [3.63, 3.8) is 0 Å². The van der Waals surface area contributed by atoms with E-state index in [1.807, 2.05) is 18.3 Å². The molecule has 0 amide bonds. The number of benzene rings is 7. The highest BCUT2D eigenvalue weighted by Crippen LogP contribution is 2.46. The first-order valence-electron chi connectivity index (χ1n) is 14.4. The first-order valence-corrected chi connectivity index (χ1v) is 14.4. The Morgan fingerprint density at radius 3 is 1.36 bits per heavy atom. The van der Waals surface area contributed by atoms with Crippen LogP contribution in [0, 0.1) is 0 Å². The van der Waals surface area contributed by atoms with Gasteiger partial charge in [-0.1, -0.05) is 146 Å². The molecule has 7 aromatic carbocycles. The van der Waals surface area contributed by atoms with E-state index in [0.717, 1.165) is 11.3 Å². The van der Waals surface area contributed by atoms with Crippen LogP contribution in [-0.2, 0) is 0 Å². The number of nitrogens with zero attached hydrogens (tertiary/aromatic N) is 1. The molecule has 1 nitrogen and oxygen atoms in total. The van der Waals surface area contributed by atoms with Gasteiger partial charge in [-0.05, 0) is 77.8 Å². The fourth-order valence-corrected chi connectivity index (χ4v) is 6.46. The number of rotatable bonds is 4. The van der Waals surface area contributed by atoms with E-state index in [0.29, 0.717) is 0 Å². The smallest absolute Gasteiger partial charge is 0.0701 e. The van der Waals surface area contributed by atoms with E-state index in [2.05, 4.69) is 151 Å². The van der Waals surface area contributed by atoms with Gasteiger partial charge >= 0.3 is 0 Å². The summed E-state index contributed by atoms with van der Waals surface area (Å²) in [5, 5.41) is 7.57. The van der Waals surface area contributed by atoms with Crippen LogP contribution < -0.4 is 0 Å². The Balaban J connectivity index is 1.40. The summed E-state index contributed by atoms with van der Waals surface area (Å²) in [7, 11) is 0. The maximum atomic E-state index is 4.55. The molecule has 1 heteroatoms. The number of aromatic nitrogens is 1. The Morgan fingerprint density at radius 2 is 0.762 bits per heavy atom. The summed E-state index contributed by atoms with van der Waals surface area (Å²) in [5.74, 6) is 0. The van der Waals surface area contributed by atoms with E-state index in [1.54, 1.807) is 0 Å². The summed E-state index contributed by atoms with van der Waals surface area (Å²) in [4.78, 5) is 4.55. The molecule has 0 radical (unpaired) electrons. The standard InChI is InChI=1S/C41H27N/c1-2-12-28(13-3-1)31-25-26-38(33-15-5-4-14-32(31)33)41-36-18-8-6-16-34(36)40(35-17-7-9-19-37(35)41)30-23-21-29(22-24-30)39-20-10-11-27-42-39/h1-27H. The lowest BCUT2D eigenvalue weighted by atomic mass is 9.83. The van der Waals surface area contributed by atoms with Gasteiger partial charge in [-0.25, -0.2) is 0 Å². The second-order valence-electron chi connectivity index (χ2n) is 10.7. The minimum Gasteiger partial charge on any atom is -0.256 e. The van der Waals surface area contributed by atoms with Crippen LogP contribution in [0.2, 0.25) is 0 Å². The first-order chi connectivity index (χ1) is 20.9. The molecular formula is C41H27N. The van der Waals surface area contributed by atoms with Gasteiger partial charge in [0.15, 0.2) is 0 Å². The predicted octanol–water partition coefficient (Wildman–Crippen LogP) is 11.2. The largest absolute Gasteiger partial charge is 0.256 e. The van der Waals surface area contributed by atoms with Crippen molar-refractivity contribution in [3.8, 4) is 44.6 Å². The van der Waals surface area contributed by atoms with Crippen LogP contribution in [0.25, 0.3) is 77.0 Å². The molecule has 0 aliphatic heterocycles. The fraction of sp³-hybridized carbons (Fsp3) is 0. The molecule has 1 heterocycles. The Labute approximate surface area is 245 Å². The van der Waals surface area contributed by atoms with E-state index in [9.17, 15) is 0 Å². The van der Waals surface area contributed by atoms with Crippen molar-refractivity contribution >= 4 is 32.3 Å². The average Bonchev–Trinajstić information content (AvgIpc) is 3.08. The van der Waals surface area contributed by atoms with Crippen LogP contribution >= 0.6 is 0 Å². The fourth-order valence-electron chi connectivity index (χ4n) is 6.46. The van der Waals surface area contributed by atoms with Crippen molar-refractivity contribution in [2.45, 2.75) is 0 Å². The number of pyridine rings is 1. The van der Waals surface area contributed by atoms with E-state index >= 15 is 0 Å². The van der Waals surface area contributed by atoms with E-state index in [1.165, 1.54) is 65.7 Å². The van der Waals surface area contributed by atoms with Crippen LogP contribution in [0.3, 0.4) is 0 Å².